The van der Waals surface area contributed by atoms with Gasteiger partial charge in [-0.25, -0.2) is 4.39 Å². The Hall–Kier alpha value is -1.13. The van der Waals surface area contributed by atoms with E-state index in [1.807, 2.05) is 6.92 Å². The van der Waals surface area contributed by atoms with Gasteiger partial charge in [-0.1, -0.05) is 26.2 Å². The highest BCUT2D eigenvalue weighted by Gasteiger charge is 2.19. The van der Waals surface area contributed by atoms with Crippen LogP contribution in [0.2, 0.25) is 0 Å². The number of amides is 1. The molecule has 0 radical (unpaired) electrons. The molecule has 1 amide bonds. The maximum atomic E-state index is 13.4. The first kappa shape index (κ1) is 15.9. The Balaban J connectivity index is 3.99. The van der Waals surface area contributed by atoms with Crippen molar-refractivity contribution in [2.45, 2.75) is 52.1 Å². The minimum Gasteiger partial charge on any atom is -0.480 e. The standard InChI is InChI=1S/C12H22FNO3/c1-3-5-6-7-10(13)8-11(15)14(4-2)9-12(16)17/h10H,3-9H2,1-2H3,(H,16,17). The first-order valence-electron chi connectivity index (χ1n) is 6.14. The molecule has 0 spiro atoms. The van der Waals surface area contributed by atoms with E-state index in [0.29, 0.717) is 13.0 Å². The molecule has 0 rings (SSSR count). The van der Waals surface area contributed by atoms with Crippen molar-refractivity contribution in [3.8, 4) is 0 Å². The molecule has 0 bridgehead atoms. The number of aliphatic carboxylic acids is 1. The second-order valence-corrected chi connectivity index (χ2v) is 4.10. The molecule has 0 aromatic carbocycles. The molecular formula is C12H22FNO3. The average molecular weight is 247 g/mol. The third-order valence-electron chi connectivity index (χ3n) is 2.58. The minimum absolute atomic E-state index is 0.204. The highest BCUT2D eigenvalue weighted by molar-refractivity contribution is 5.81. The summed E-state index contributed by atoms with van der Waals surface area (Å²) in [7, 11) is 0. The smallest absolute Gasteiger partial charge is 0.323 e. The van der Waals surface area contributed by atoms with Crippen molar-refractivity contribution in [2.75, 3.05) is 13.1 Å². The van der Waals surface area contributed by atoms with Gasteiger partial charge in [0, 0.05) is 6.54 Å². The number of hydrogen-bond donors (Lipinski definition) is 1. The lowest BCUT2D eigenvalue weighted by Crippen LogP contribution is -2.36. The van der Waals surface area contributed by atoms with E-state index in [0.717, 1.165) is 24.2 Å². The first-order chi connectivity index (χ1) is 8.01. The second kappa shape index (κ2) is 8.96. The van der Waals surface area contributed by atoms with Crippen molar-refractivity contribution in [3.05, 3.63) is 0 Å². The molecule has 0 aliphatic carbocycles. The van der Waals surface area contributed by atoms with Gasteiger partial charge in [0.1, 0.15) is 12.7 Å². The molecule has 0 heterocycles. The van der Waals surface area contributed by atoms with Crippen LogP contribution >= 0.6 is 0 Å². The predicted molar refractivity (Wildman–Crippen MR) is 63.5 cm³/mol. The first-order valence-corrected chi connectivity index (χ1v) is 6.14. The quantitative estimate of drug-likeness (QED) is 0.636. The van der Waals surface area contributed by atoms with E-state index < -0.39 is 18.0 Å². The van der Waals surface area contributed by atoms with Crippen LogP contribution < -0.4 is 0 Å². The Bertz CT molecular complexity index is 246. The van der Waals surface area contributed by atoms with Crippen molar-refractivity contribution in [2.24, 2.45) is 0 Å². The van der Waals surface area contributed by atoms with Gasteiger partial charge in [-0.2, -0.15) is 0 Å². The normalized spacial score (nSPS) is 12.2. The third kappa shape index (κ3) is 7.71. The van der Waals surface area contributed by atoms with Crippen molar-refractivity contribution in [3.63, 3.8) is 0 Å². The molecule has 0 aliphatic heterocycles. The zero-order valence-electron chi connectivity index (χ0n) is 10.6. The average Bonchev–Trinajstić information content (AvgIpc) is 2.25. The summed E-state index contributed by atoms with van der Waals surface area (Å²) in [5, 5.41) is 8.58. The van der Waals surface area contributed by atoms with Gasteiger partial charge in [-0.15, -0.1) is 0 Å². The number of carbonyl (C=O) groups excluding carboxylic acids is 1. The summed E-state index contributed by atoms with van der Waals surface area (Å²) in [6.45, 7) is 3.67. The third-order valence-corrected chi connectivity index (χ3v) is 2.58. The van der Waals surface area contributed by atoms with E-state index in [1.54, 1.807) is 6.92 Å². The molecular weight excluding hydrogens is 225 g/mol. The topological polar surface area (TPSA) is 57.6 Å². The number of carbonyl (C=O) groups is 2. The second-order valence-electron chi connectivity index (χ2n) is 4.10. The summed E-state index contributed by atoms with van der Waals surface area (Å²) in [4.78, 5) is 23.2. The number of alkyl halides is 1. The van der Waals surface area contributed by atoms with Crippen LogP contribution in [-0.2, 0) is 9.59 Å². The van der Waals surface area contributed by atoms with Gasteiger partial charge in [0.25, 0.3) is 0 Å². The molecule has 17 heavy (non-hydrogen) atoms. The lowest BCUT2D eigenvalue weighted by Gasteiger charge is -2.19. The number of carboxylic acid groups (broad SMARTS) is 1. The summed E-state index contributed by atoms with van der Waals surface area (Å²) in [5.41, 5.74) is 0. The molecule has 0 saturated carbocycles. The van der Waals surface area contributed by atoms with Crippen LogP contribution in [0.1, 0.15) is 46.0 Å². The Morgan fingerprint density at radius 1 is 1.29 bits per heavy atom. The molecule has 1 unspecified atom stereocenters. The van der Waals surface area contributed by atoms with Gasteiger partial charge in [0.15, 0.2) is 0 Å². The van der Waals surface area contributed by atoms with E-state index in [1.165, 1.54) is 0 Å². The van der Waals surface area contributed by atoms with E-state index in [-0.39, 0.29) is 13.0 Å². The van der Waals surface area contributed by atoms with Gasteiger partial charge in [0.2, 0.25) is 5.91 Å². The number of halogens is 1. The van der Waals surface area contributed by atoms with Crippen LogP contribution in [0.3, 0.4) is 0 Å². The summed E-state index contributed by atoms with van der Waals surface area (Å²) >= 11 is 0. The highest BCUT2D eigenvalue weighted by atomic mass is 19.1. The molecule has 0 aromatic heterocycles. The summed E-state index contributed by atoms with van der Waals surface area (Å²) < 4.78 is 13.4. The van der Waals surface area contributed by atoms with Crippen molar-refractivity contribution in [1.82, 2.24) is 4.90 Å². The van der Waals surface area contributed by atoms with Gasteiger partial charge in [-0.05, 0) is 13.3 Å². The minimum atomic E-state index is -1.16. The molecule has 1 N–H and O–H groups in total. The van der Waals surface area contributed by atoms with Gasteiger partial charge < -0.3 is 10.0 Å². The van der Waals surface area contributed by atoms with E-state index >= 15 is 0 Å². The van der Waals surface area contributed by atoms with Crippen LogP contribution in [0.15, 0.2) is 0 Å². The molecule has 0 aromatic rings. The maximum absolute atomic E-state index is 13.4. The zero-order chi connectivity index (χ0) is 13.3. The van der Waals surface area contributed by atoms with Crippen molar-refractivity contribution >= 4 is 11.9 Å². The molecule has 5 heteroatoms. The molecule has 0 saturated heterocycles. The molecule has 4 nitrogen and oxygen atoms in total. The fourth-order valence-electron chi connectivity index (χ4n) is 1.58. The monoisotopic (exact) mass is 247 g/mol. The van der Waals surface area contributed by atoms with Crippen molar-refractivity contribution in [1.29, 1.82) is 0 Å². The van der Waals surface area contributed by atoms with E-state index in [4.69, 9.17) is 5.11 Å². The van der Waals surface area contributed by atoms with Crippen LogP contribution in [0.5, 0.6) is 0 Å². The molecule has 100 valence electrons. The predicted octanol–water partition coefficient (Wildman–Crippen LogP) is 2.23. The number of rotatable bonds is 9. The van der Waals surface area contributed by atoms with Crippen LogP contribution in [0.25, 0.3) is 0 Å². The number of hydrogen-bond acceptors (Lipinski definition) is 2. The van der Waals surface area contributed by atoms with Gasteiger partial charge >= 0.3 is 5.97 Å². The molecule has 0 aliphatic rings. The number of likely N-dealkylation sites (N-methyl/N-ethyl adjacent to an activating group) is 1. The van der Waals surface area contributed by atoms with Crippen molar-refractivity contribution < 1.29 is 19.1 Å². The zero-order valence-corrected chi connectivity index (χ0v) is 10.6. The van der Waals surface area contributed by atoms with Crippen LogP contribution in [-0.4, -0.2) is 41.1 Å². The SMILES string of the molecule is CCCCCC(F)CC(=O)N(CC)CC(=O)O. The molecule has 1 atom stereocenters. The van der Waals surface area contributed by atoms with Gasteiger partial charge in [0.05, 0.1) is 6.42 Å². The summed E-state index contributed by atoms with van der Waals surface area (Å²) in [5.74, 6) is -1.49. The van der Waals surface area contributed by atoms with Crippen LogP contribution in [0, 0.1) is 0 Å². The summed E-state index contributed by atoms with van der Waals surface area (Å²) in [6, 6.07) is 0. The Labute approximate surface area is 102 Å². The largest absolute Gasteiger partial charge is 0.480 e. The fourth-order valence-corrected chi connectivity index (χ4v) is 1.58. The Kier molecular flexibility index (Phi) is 8.36. The molecule has 0 fully saturated rings. The number of unbranched alkanes of at least 4 members (excludes halogenated alkanes) is 2. The highest BCUT2D eigenvalue weighted by Crippen LogP contribution is 2.11. The lowest BCUT2D eigenvalue weighted by atomic mass is 10.1. The Morgan fingerprint density at radius 2 is 1.94 bits per heavy atom. The number of nitrogens with zero attached hydrogens (tertiary/aromatic N) is 1. The fraction of sp³-hybridized carbons (Fsp3) is 0.833. The van der Waals surface area contributed by atoms with E-state index in [2.05, 4.69) is 0 Å². The Morgan fingerprint density at radius 3 is 2.41 bits per heavy atom. The lowest BCUT2D eigenvalue weighted by molar-refractivity contribution is -0.144. The number of carboxylic acids is 1. The summed E-state index contributed by atoms with van der Waals surface area (Å²) in [6.07, 6.45) is 1.77. The van der Waals surface area contributed by atoms with E-state index in [9.17, 15) is 14.0 Å². The van der Waals surface area contributed by atoms with Gasteiger partial charge in [-0.3, -0.25) is 9.59 Å². The maximum Gasteiger partial charge on any atom is 0.323 e. The van der Waals surface area contributed by atoms with Crippen LogP contribution in [0.4, 0.5) is 4.39 Å².